The second kappa shape index (κ2) is 7.37. The van der Waals surface area contributed by atoms with Gasteiger partial charge in [0, 0.05) is 11.1 Å². The van der Waals surface area contributed by atoms with Gasteiger partial charge >= 0.3 is 0 Å². The van der Waals surface area contributed by atoms with Gasteiger partial charge in [0.2, 0.25) is 17.7 Å². The van der Waals surface area contributed by atoms with Crippen LogP contribution in [0.3, 0.4) is 0 Å². The number of rotatable bonds is 4. The number of benzene rings is 1. The molecule has 0 aliphatic carbocycles. The molecule has 0 saturated carbocycles. The van der Waals surface area contributed by atoms with Crippen LogP contribution in [0.15, 0.2) is 24.3 Å². The van der Waals surface area contributed by atoms with Crippen LogP contribution in [0.2, 0.25) is 0 Å². The second-order valence-corrected chi connectivity index (χ2v) is 6.66. The van der Waals surface area contributed by atoms with Gasteiger partial charge in [-0.1, -0.05) is 26.0 Å². The molecular weight excluding hydrogens is 332 g/mol. The molecule has 0 spiro atoms. The van der Waals surface area contributed by atoms with Crippen molar-refractivity contribution in [2.45, 2.75) is 27.2 Å². The number of nitriles is 2. The van der Waals surface area contributed by atoms with E-state index in [1.807, 2.05) is 25.1 Å². The van der Waals surface area contributed by atoms with Gasteiger partial charge in [0.1, 0.15) is 18.4 Å². The van der Waals surface area contributed by atoms with Gasteiger partial charge < -0.3 is 5.32 Å². The minimum atomic E-state index is -1.15. The number of anilines is 1. The Morgan fingerprint density at radius 1 is 1.23 bits per heavy atom. The number of hydrogen-bond donors (Lipinski definition) is 1. The third-order valence-electron chi connectivity index (χ3n) is 4.97. The fraction of sp³-hybridized carbons (Fsp3) is 0.421. The lowest BCUT2D eigenvalue weighted by molar-refractivity contribution is -0.162. The summed E-state index contributed by atoms with van der Waals surface area (Å²) < 4.78 is 0. The molecule has 0 radical (unpaired) electrons. The number of hydrogen-bond acceptors (Lipinski definition) is 5. The highest BCUT2D eigenvalue weighted by atomic mass is 16.2. The SMILES string of the molecule is CCC1(C)C(C#N)C(=O)N(CC(=O)Nc2cccc(C)c2)C(=O)C1C#N. The van der Waals surface area contributed by atoms with E-state index in [0.29, 0.717) is 12.1 Å². The summed E-state index contributed by atoms with van der Waals surface area (Å²) in [6, 6.07) is 10.9. The van der Waals surface area contributed by atoms with E-state index in [2.05, 4.69) is 5.32 Å². The molecule has 7 nitrogen and oxygen atoms in total. The molecule has 1 saturated heterocycles. The average molecular weight is 352 g/mol. The fourth-order valence-corrected chi connectivity index (χ4v) is 3.19. The van der Waals surface area contributed by atoms with E-state index in [9.17, 15) is 24.9 Å². The summed E-state index contributed by atoms with van der Waals surface area (Å²) in [6.07, 6.45) is 0.324. The zero-order valence-electron chi connectivity index (χ0n) is 14.9. The van der Waals surface area contributed by atoms with E-state index in [1.54, 1.807) is 32.0 Å². The first-order valence-electron chi connectivity index (χ1n) is 8.29. The Hall–Kier alpha value is -3.19. The van der Waals surface area contributed by atoms with Crippen LogP contribution in [-0.2, 0) is 14.4 Å². The maximum absolute atomic E-state index is 12.6. The molecule has 0 aromatic heterocycles. The van der Waals surface area contributed by atoms with Gasteiger partial charge in [0.05, 0.1) is 12.1 Å². The van der Waals surface area contributed by atoms with Gasteiger partial charge in [-0.05, 0) is 31.0 Å². The minimum absolute atomic E-state index is 0.324. The summed E-state index contributed by atoms with van der Waals surface area (Å²) in [5.74, 6) is -4.32. The summed E-state index contributed by atoms with van der Waals surface area (Å²) in [5.41, 5.74) is 0.418. The van der Waals surface area contributed by atoms with Crippen LogP contribution < -0.4 is 5.32 Å². The van der Waals surface area contributed by atoms with Crippen LogP contribution >= 0.6 is 0 Å². The average Bonchev–Trinajstić information content (AvgIpc) is 2.59. The summed E-state index contributed by atoms with van der Waals surface area (Å²) in [6.45, 7) is 4.67. The van der Waals surface area contributed by atoms with E-state index in [4.69, 9.17) is 0 Å². The highest BCUT2D eigenvalue weighted by Gasteiger charge is 2.55. The first-order valence-corrected chi connectivity index (χ1v) is 8.29. The van der Waals surface area contributed by atoms with E-state index in [-0.39, 0.29) is 0 Å². The number of imide groups is 1. The van der Waals surface area contributed by atoms with E-state index in [1.165, 1.54) is 0 Å². The van der Waals surface area contributed by atoms with Crippen LogP contribution in [0, 0.1) is 46.8 Å². The first-order chi connectivity index (χ1) is 12.3. The molecule has 1 heterocycles. The topological polar surface area (TPSA) is 114 Å². The quantitative estimate of drug-likeness (QED) is 0.832. The minimum Gasteiger partial charge on any atom is -0.325 e. The molecule has 1 aliphatic heterocycles. The summed E-state index contributed by atoms with van der Waals surface area (Å²) in [4.78, 5) is 38.3. The van der Waals surface area contributed by atoms with Crippen LogP contribution in [0.1, 0.15) is 25.8 Å². The van der Waals surface area contributed by atoms with Crippen LogP contribution in [0.4, 0.5) is 5.69 Å². The molecule has 26 heavy (non-hydrogen) atoms. The first kappa shape index (κ1) is 19.1. The Morgan fingerprint density at radius 3 is 2.27 bits per heavy atom. The smallest absolute Gasteiger partial charge is 0.247 e. The Morgan fingerprint density at radius 2 is 1.81 bits per heavy atom. The molecule has 1 fully saturated rings. The lowest BCUT2D eigenvalue weighted by atomic mass is 9.63. The third kappa shape index (κ3) is 3.29. The number of likely N-dealkylation sites (tertiary alicyclic amines) is 1. The van der Waals surface area contributed by atoms with Gasteiger partial charge in [-0.2, -0.15) is 10.5 Å². The molecule has 1 aliphatic rings. The number of carbonyl (C=O) groups excluding carboxylic acids is 3. The molecule has 3 amide bonds. The van der Waals surface area contributed by atoms with Gasteiger partial charge in [0.25, 0.3) is 0 Å². The molecule has 7 heteroatoms. The highest BCUT2D eigenvalue weighted by molar-refractivity contribution is 6.07. The molecule has 1 aromatic carbocycles. The summed E-state index contributed by atoms with van der Waals surface area (Å²) >= 11 is 0. The number of amides is 3. The zero-order chi connectivity index (χ0) is 19.5. The van der Waals surface area contributed by atoms with Crippen molar-refractivity contribution in [3.05, 3.63) is 29.8 Å². The van der Waals surface area contributed by atoms with Gasteiger partial charge in [-0.15, -0.1) is 0 Å². The van der Waals surface area contributed by atoms with Crippen molar-refractivity contribution in [3.63, 3.8) is 0 Å². The number of nitrogens with zero attached hydrogens (tertiary/aromatic N) is 3. The monoisotopic (exact) mass is 352 g/mol. The Kier molecular flexibility index (Phi) is 5.42. The van der Waals surface area contributed by atoms with E-state index >= 15 is 0 Å². The highest BCUT2D eigenvalue weighted by Crippen LogP contribution is 2.44. The van der Waals surface area contributed by atoms with Crippen molar-refractivity contribution in [1.29, 1.82) is 10.5 Å². The lowest BCUT2D eigenvalue weighted by Gasteiger charge is -2.43. The maximum atomic E-state index is 12.6. The Balaban J connectivity index is 2.25. The van der Waals surface area contributed by atoms with Gasteiger partial charge in [-0.25, -0.2) is 0 Å². The van der Waals surface area contributed by atoms with Crippen molar-refractivity contribution in [3.8, 4) is 12.1 Å². The van der Waals surface area contributed by atoms with Gasteiger partial charge in [0.15, 0.2) is 0 Å². The van der Waals surface area contributed by atoms with Crippen molar-refractivity contribution in [2.75, 3.05) is 11.9 Å². The lowest BCUT2D eigenvalue weighted by Crippen LogP contribution is -2.59. The molecule has 0 bridgehead atoms. The number of nitrogens with one attached hydrogen (secondary N) is 1. The molecule has 134 valence electrons. The Bertz CT molecular complexity index is 800. The summed E-state index contributed by atoms with van der Waals surface area (Å²) in [7, 11) is 0. The largest absolute Gasteiger partial charge is 0.325 e. The van der Waals surface area contributed by atoms with Crippen LogP contribution in [0.5, 0.6) is 0 Å². The predicted molar refractivity (Wildman–Crippen MR) is 93.1 cm³/mol. The molecule has 1 N–H and O–H groups in total. The van der Waals surface area contributed by atoms with E-state index in [0.717, 1.165) is 10.5 Å². The number of piperidine rings is 1. The zero-order valence-corrected chi connectivity index (χ0v) is 14.9. The molecule has 2 unspecified atom stereocenters. The van der Waals surface area contributed by atoms with Crippen molar-refractivity contribution in [2.24, 2.45) is 17.3 Å². The summed E-state index contributed by atoms with van der Waals surface area (Å²) in [5, 5.41) is 21.5. The maximum Gasteiger partial charge on any atom is 0.247 e. The number of aryl methyl sites for hydroxylation is 1. The molecule has 2 atom stereocenters. The predicted octanol–water partition coefficient (Wildman–Crippen LogP) is 2.00. The van der Waals surface area contributed by atoms with Gasteiger partial charge in [-0.3, -0.25) is 19.3 Å². The van der Waals surface area contributed by atoms with Crippen molar-refractivity contribution < 1.29 is 14.4 Å². The van der Waals surface area contributed by atoms with Crippen molar-refractivity contribution >= 4 is 23.4 Å². The molecule has 2 rings (SSSR count). The normalized spacial score (nSPS) is 25.3. The Labute approximate surface area is 152 Å². The van der Waals surface area contributed by atoms with Crippen LogP contribution in [-0.4, -0.2) is 29.2 Å². The standard InChI is InChI=1S/C19H20N4O3/c1-4-19(3)14(9-20)17(25)23(18(26)15(19)10-21)11-16(24)22-13-7-5-6-12(2)8-13/h5-8,14-15H,4,11H2,1-3H3,(H,22,24). The third-order valence-corrected chi connectivity index (χ3v) is 4.97. The van der Waals surface area contributed by atoms with E-state index < -0.39 is 41.5 Å². The van der Waals surface area contributed by atoms with Crippen LogP contribution in [0.25, 0.3) is 0 Å². The fourth-order valence-electron chi connectivity index (χ4n) is 3.19. The molecule has 1 aromatic rings. The molecular formula is C19H20N4O3. The van der Waals surface area contributed by atoms with Crippen molar-refractivity contribution in [1.82, 2.24) is 4.90 Å². The second-order valence-electron chi connectivity index (χ2n) is 6.66. The number of carbonyl (C=O) groups is 3.